The van der Waals surface area contributed by atoms with E-state index >= 15 is 0 Å². The molecule has 0 fully saturated rings. The minimum absolute atomic E-state index is 0.0605. The van der Waals surface area contributed by atoms with Crippen molar-refractivity contribution in [3.05, 3.63) is 41.4 Å². The van der Waals surface area contributed by atoms with E-state index in [2.05, 4.69) is 5.10 Å². The Kier molecular flexibility index (Phi) is 4.38. The Hall–Kier alpha value is -2.13. The normalized spacial score (nSPS) is 11.4. The summed E-state index contributed by atoms with van der Waals surface area (Å²) < 4.78 is 40.3. The van der Waals surface area contributed by atoms with Crippen molar-refractivity contribution in [3.63, 3.8) is 0 Å². The highest BCUT2D eigenvalue weighted by Crippen LogP contribution is 2.28. The minimum Gasteiger partial charge on any atom is -0.480 e. The number of carboxylic acid groups (broad SMARTS) is 1. The van der Waals surface area contributed by atoms with Gasteiger partial charge >= 0.3 is 5.97 Å². The Morgan fingerprint density at radius 3 is 2.68 bits per heavy atom. The monoisotopic (exact) mass is 347 g/mol. The average Bonchev–Trinajstić information content (AvgIpc) is 2.81. The zero-order chi connectivity index (χ0) is 16.5. The number of carboxylic acids is 1. The summed E-state index contributed by atoms with van der Waals surface area (Å²) in [4.78, 5) is 10.6. The fraction of sp³-hybridized carbons (Fsp3) is 0.167. The van der Waals surface area contributed by atoms with E-state index in [1.165, 1.54) is 17.1 Å². The van der Waals surface area contributed by atoms with E-state index in [1.54, 1.807) is 7.05 Å². The van der Waals surface area contributed by atoms with Crippen LogP contribution in [0.3, 0.4) is 0 Å². The van der Waals surface area contributed by atoms with Gasteiger partial charge in [0, 0.05) is 13.2 Å². The van der Waals surface area contributed by atoms with E-state index in [4.69, 9.17) is 16.7 Å². The van der Waals surface area contributed by atoms with Crippen molar-refractivity contribution in [1.29, 1.82) is 0 Å². The van der Waals surface area contributed by atoms with Crippen LogP contribution in [-0.2, 0) is 21.9 Å². The van der Waals surface area contributed by atoms with E-state index in [0.717, 1.165) is 18.2 Å². The second kappa shape index (κ2) is 5.93. The molecule has 0 amide bonds. The number of aliphatic carboxylic acids is 1. The van der Waals surface area contributed by atoms with Crippen LogP contribution in [0.5, 0.6) is 0 Å². The molecule has 22 heavy (non-hydrogen) atoms. The quantitative estimate of drug-likeness (QED) is 0.884. The van der Waals surface area contributed by atoms with Gasteiger partial charge in [-0.2, -0.15) is 5.10 Å². The number of sulfonamides is 1. The number of hydrogen-bond donors (Lipinski definition) is 1. The predicted molar refractivity (Wildman–Crippen MR) is 76.8 cm³/mol. The molecule has 0 saturated carbocycles. The SMILES string of the molecule is Cn1cc(N(CC(=O)O)S(=O)(=O)c2ccc(F)cc2Cl)cn1. The third-order valence-corrected chi connectivity index (χ3v) is 4.98. The van der Waals surface area contributed by atoms with E-state index in [1.807, 2.05) is 0 Å². The molecule has 1 N–H and O–H groups in total. The molecule has 0 saturated heterocycles. The fourth-order valence-electron chi connectivity index (χ4n) is 1.78. The number of aromatic nitrogens is 2. The zero-order valence-corrected chi connectivity index (χ0v) is 12.8. The first-order chi connectivity index (χ1) is 10.2. The number of benzene rings is 1. The summed E-state index contributed by atoms with van der Waals surface area (Å²) in [5.41, 5.74) is 0.0605. The van der Waals surface area contributed by atoms with Gasteiger partial charge in [-0.1, -0.05) is 11.6 Å². The molecule has 0 unspecified atom stereocenters. The lowest BCUT2D eigenvalue weighted by Gasteiger charge is -2.21. The predicted octanol–water partition coefficient (Wildman–Crippen LogP) is 1.49. The van der Waals surface area contributed by atoms with Crippen LogP contribution in [0, 0.1) is 5.82 Å². The summed E-state index contributed by atoms with van der Waals surface area (Å²) in [6.07, 6.45) is 2.55. The maximum Gasteiger partial charge on any atom is 0.324 e. The van der Waals surface area contributed by atoms with Crippen molar-refractivity contribution in [2.45, 2.75) is 4.90 Å². The first kappa shape index (κ1) is 16.2. The molecule has 10 heteroatoms. The first-order valence-electron chi connectivity index (χ1n) is 5.90. The van der Waals surface area contributed by atoms with E-state index < -0.39 is 28.4 Å². The lowest BCUT2D eigenvalue weighted by molar-refractivity contribution is -0.135. The van der Waals surface area contributed by atoms with Gasteiger partial charge in [-0.15, -0.1) is 0 Å². The second-order valence-electron chi connectivity index (χ2n) is 4.35. The fourth-order valence-corrected chi connectivity index (χ4v) is 3.67. The molecule has 0 spiro atoms. The molecule has 0 atom stereocenters. The van der Waals surface area contributed by atoms with Crippen molar-refractivity contribution in [2.75, 3.05) is 10.8 Å². The van der Waals surface area contributed by atoms with Gasteiger partial charge in [-0.25, -0.2) is 12.8 Å². The third-order valence-electron chi connectivity index (χ3n) is 2.72. The Morgan fingerprint density at radius 2 is 2.18 bits per heavy atom. The van der Waals surface area contributed by atoms with Crippen LogP contribution in [0.4, 0.5) is 10.1 Å². The second-order valence-corrected chi connectivity index (χ2v) is 6.59. The van der Waals surface area contributed by atoms with Gasteiger partial charge < -0.3 is 5.11 Å². The maximum atomic E-state index is 13.1. The summed E-state index contributed by atoms with van der Waals surface area (Å²) in [5.74, 6) is -2.05. The van der Waals surface area contributed by atoms with Gasteiger partial charge in [-0.3, -0.25) is 13.8 Å². The van der Waals surface area contributed by atoms with Crippen LogP contribution in [0.15, 0.2) is 35.5 Å². The molecule has 118 valence electrons. The smallest absolute Gasteiger partial charge is 0.324 e. The highest BCUT2D eigenvalue weighted by molar-refractivity contribution is 7.93. The van der Waals surface area contributed by atoms with Gasteiger partial charge in [-0.05, 0) is 18.2 Å². The highest BCUT2D eigenvalue weighted by atomic mass is 35.5. The van der Waals surface area contributed by atoms with Gasteiger partial charge in [0.2, 0.25) is 0 Å². The number of carbonyl (C=O) groups is 1. The number of aryl methyl sites for hydroxylation is 1. The van der Waals surface area contributed by atoms with Crippen LogP contribution in [0.25, 0.3) is 0 Å². The van der Waals surface area contributed by atoms with Crippen molar-refractivity contribution in [3.8, 4) is 0 Å². The summed E-state index contributed by atoms with van der Waals surface area (Å²) in [6, 6.07) is 2.76. The standard InChI is InChI=1S/C12H11ClFN3O4S/c1-16-6-9(5-15-16)17(7-12(18)19)22(20,21)11-3-2-8(14)4-10(11)13/h2-6H,7H2,1H3,(H,18,19). The molecule has 0 radical (unpaired) electrons. The lowest BCUT2D eigenvalue weighted by Crippen LogP contribution is -2.35. The Labute approximate surface area is 130 Å². The minimum atomic E-state index is -4.28. The van der Waals surface area contributed by atoms with E-state index in [-0.39, 0.29) is 15.6 Å². The Balaban J connectivity index is 2.56. The lowest BCUT2D eigenvalue weighted by atomic mass is 10.3. The molecule has 0 bridgehead atoms. The summed E-state index contributed by atoms with van der Waals surface area (Å²) in [7, 11) is -2.73. The van der Waals surface area contributed by atoms with E-state index in [9.17, 15) is 17.6 Å². The Morgan fingerprint density at radius 1 is 1.50 bits per heavy atom. The molecule has 7 nitrogen and oxygen atoms in total. The van der Waals surface area contributed by atoms with Crippen molar-refractivity contribution < 1.29 is 22.7 Å². The summed E-state index contributed by atoms with van der Waals surface area (Å²) in [5, 5.41) is 12.4. The number of halogens is 2. The molecular weight excluding hydrogens is 337 g/mol. The van der Waals surface area contributed by atoms with Gasteiger partial charge in [0.1, 0.15) is 17.3 Å². The molecule has 1 aromatic carbocycles. The largest absolute Gasteiger partial charge is 0.480 e. The van der Waals surface area contributed by atoms with Crippen molar-refractivity contribution in [2.24, 2.45) is 7.05 Å². The van der Waals surface area contributed by atoms with Crippen molar-refractivity contribution >= 4 is 33.3 Å². The molecule has 2 rings (SSSR count). The number of rotatable bonds is 5. The van der Waals surface area contributed by atoms with Crippen LogP contribution in [0.2, 0.25) is 5.02 Å². The van der Waals surface area contributed by atoms with Gasteiger partial charge in [0.05, 0.1) is 16.9 Å². The molecule has 0 aliphatic rings. The number of hydrogen-bond acceptors (Lipinski definition) is 4. The first-order valence-corrected chi connectivity index (χ1v) is 7.72. The topological polar surface area (TPSA) is 92.5 Å². The summed E-state index contributed by atoms with van der Waals surface area (Å²) in [6.45, 7) is -0.818. The van der Waals surface area contributed by atoms with Crippen LogP contribution in [0.1, 0.15) is 0 Å². The van der Waals surface area contributed by atoms with E-state index in [0.29, 0.717) is 4.31 Å². The molecule has 2 aromatic rings. The van der Waals surface area contributed by atoms with Crippen LogP contribution < -0.4 is 4.31 Å². The molecule has 1 aromatic heterocycles. The molecular formula is C12H11ClFN3O4S. The summed E-state index contributed by atoms with van der Waals surface area (Å²) >= 11 is 5.77. The highest BCUT2D eigenvalue weighted by Gasteiger charge is 2.30. The van der Waals surface area contributed by atoms with Crippen molar-refractivity contribution in [1.82, 2.24) is 9.78 Å². The number of anilines is 1. The third kappa shape index (κ3) is 3.20. The molecule has 0 aliphatic heterocycles. The number of nitrogens with zero attached hydrogens (tertiary/aromatic N) is 3. The Bertz CT molecular complexity index is 822. The zero-order valence-electron chi connectivity index (χ0n) is 11.3. The van der Waals surface area contributed by atoms with Crippen LogP contribution in [-0.4, -0.2) is 35.8 Å². The molecule has 1 heterocycles. The van der Waals surface area contributed by atoms with Gasteiger partial charge in [0.25, 0.3) is 10.0 Å². The average molecular weight is 348 g/mol. The van der Waals surface area contributed by atoms with Crippen LogP contribution >= 0.6 is 11.6 Å². The maximum absolute atomic E-state index is 13.1. The van der Waals surface area contributed by atoms with Gasteiger partial charge in [0.15, 0.2) is 0 Å². The molecule has 0 aliphatic carbocycles.